The van der Waals surface area contributed by atoms with Crippen LogP contribution in [-0.2, 0) is 15.0 Å². The van der Waals surface area contributed by atoms with E-state index in [4.69, 9.17) is 0 Å². The van der Waals surface area contributed by atoms with E-state index in [0.29, 0.717) is 13.1 Å². The minimum atomic E-state index is -3.47. The minimum Gasteiger partial charge on any atom is -0.354 e. The van der Waals surface area contributed by atoms with Gasteiger partial charge in [0.15, 0.2) is 0 Å². The molecule has 0 spiro atoms. The molecule has 23 heavy (non-hydrogen) atoms. The van der Waals surface area contributed by atoms with Gasteiger partial charge in [-0.15, -0.1) is 0 Å². The van der Waals surface area contributed by atoms with E-state index >= 15 is 0 Å². The molecule has 0 radical (unpaired) electrons. The summed E-state index contributed by atoms with van der Waals surface area (Å²) in [5.74, 6) is -0.263. The molecule has 1 saturated heterocycles. The molecule has 6 nitrogen and oxygen atoms in total. The predicted octanol–water partition coefficient (Wildman–Crippen LogP) is 1.73. The average Bonchev–Trinajstić information content (AvgIpc) is 2.54. The van der Waals surface area contributed by atoms with Crippen molar-refractivity contribution in [2.75, 3.05) is 20.1 Å². The summed E-state index contributed by atoms with van der Waals surface area (Å²) in [6.45, 7) is 4.67. The van der Waals surface area contributed by atoms with Crippen LogP contribution in [0.3, 0.4) is 0 Å². The maximum atomic E-state index is 12.9. The summed E-state index contributed by atoms with van der Waals surface area (Å²) in [6, 6.07) is 0.193. The highest BCUT2D eigenvalue weighted by molar-refractivity contribution is 7.86. The fraction of sp³-hybridized carbons (Fsp3) is 0.938. The Morgan fingerprint density at radius 3 is 2.39 bits per heavy atom. The van der Waals surface area contributed by atoms with Crippen molar-refractivity contribution >= 4 is 16.1 Å². The molecule has 134 valence electrons. The molecule has 1 atom stereocenters. The molecule has 1 amide bonds. The smallest absolute Gasteiger partial charge is 0.281 e. The van der Waals surface area contributed by atoms with Gasteiger partial charge in [-0.1, -0.05) is 19.3 Å². The Labute approximate surface area is 140 Å². The third kappa shape index (κ3) is 4.67. The van der Waals surface area contributed by atoms with E-state index in [9.17, 15) is 13.2 Å². The van der Waals surface area contributed by atoms with Crippen molar-refractivity contribution in [1.29, 1.82) is 0 Å². The van der Waals surface area contributed by atoms with Gasteiger partial charge in [-0.2, -0.15) is 17.0 Å². The van der Waals surface area contributed by atoms with Gasteiger partial charge in [0.1, 0.15) is 0 Å². The van der Waals surface area contributed by atoms with Crippen LogP contribution < -0.4 is 5.32 Å². The molecule has 2 rings (SSSR count). The summed E-state index contributed by atoms with van der Waals surface area (Å²) in [5.41, 5.74) is 0. The number of amides is 1. The lowest BCUT2D eigenvalue weighted by Crippen LogP contribution is -2.52. The van der Waals surface area contributed by atoms with Crippen LogP contribution in [0.5, 0.6) is 0 Å². The summed E-state index contributed by atoms with van der Waals surface area (Å²) >= 11 is 0. The van der Waals surface area contributed by atoms with E-state index in [1.54, 1.807) is 11.4 Å². The Bertz CT molecular complexity index is 501. The highest BCUT2D eigenvalue weighted by atomic mass is 32.2. The van der Waals surface area contributed by atoms with Crippen LogP contribution in [0.2, 0.25) is 0 Å². The summed E-state index contributed by atoms with van der Waals surface area (Å²) in [4.78, 5) is 12.2. The Balaban J connectivity index is 2.02. The van der Waals surface area contributed by atoms with E-state index in [0.717, 1.165) is 38.5 Å². The van der Waals surface area contributed by atoms with Crippen molar-refractivity contribution in [2.45, 2.75) is 70.9 Å². The van der Waals surface area contributed by atoms with Crippen LogP contribution in [0.15, 0.2) is 0 Å². The molecular formula is C16H31N3O3S. The molecule has 2 fully saturated rings. The third-order valence-corrected chi connectivity index (χ3v) is 6.98. The third-order valence-electron chi connectivity index (χ3n) is 4.96. The number of nitrogens with one attached hydrogen (secondary N) is 1. The fourth-order valence-corrected chi connectivity index (χ4v) is 5.26. The van der Waals surface area contributed by atoms with E-state index in [1.165, 1.54) is 10.7 Å². The highest BCUT2D eigenvalue weighted by Gasteiger charge is 2.37. The Morgan fingerprint density at radius 2 is 1.78 bits per heavy atom. The van der Waals surface area contributed by atoms with Gasteiger partial charge in [0.05, 0.1) is 5.92 Å². The van der Waals surface area contributed by atoms with Gasteiger partial charge < -0.3 is 5.32 Å². The zero-order valence-corrected chi connectivity index (χ0v) is 15.4. The molecule has 1 aliphatic carbocycles. The van der Waals surface area contributed by atoms with E-state index in [1.807, 2.05) is 13.8 Å². The molecule has 1 unspecified atom stereocenters. The molecule has 1 saturated carbocycles. The second kappa shape index (κ2) is 7.94. The van der Waals surface area contributed by atoms with Gasteiger partial charge in [-0.05, 0) is 39.5 Å². The van der Waals surface area contributed by atoms with Crippen molar-refractivity contribution in [2.24, 2.45) is 5.92 Å². The molecule has 0 bridgehead atoms. The van der Waals surface area contributed by atoms with Crippen LogP contribution >= 0.6 is 0 Å². The Morgan fingerprint density at radius 1 is 1.13 bits per heavy atom. The van der Waals surface area contributed by atoms with Crippen molar-refractivity contribution in [3.8, 4) is 0 Å². The van der Waals surface area contributed by atoms with Gasteiger partial charge in [0.25, 0.3) is 10.2 Å². The number of rotatable bonds is 5. The standard InChI is InChI=1S/C16H31N3O3S/c1-13(2)17-16(20)14-8-7-11-19(12-14)23(21,22)18(3)15-9-5-4-6-10-15/h13-15H,4-12H2,1-3H3,(H,17,20). The van der Waals surface area contributed by atoms with Gasteiger partial charge in [0, 0.05) is 32.2 Å². The van der Waals surface area contributed by atoms with Gasteiger partial charge in [-0.3, -0.25) is 4.79 Å². The number of hydrogen-bond acceptors (Lipinski definition) is 3. The van der Waals surface area contributed by atoms with Crippen molar-refractivity contribution < 1.29 is 13.2 Å². The lowest BCUT2D eigenvalue weighted by atomic mass is 9.96. The molecular weight excluding hydrogens is 314 g/mol. The molecule has 1 N–H and O–H groups in total. The average molecular weight is 346 g/mol. The molecule has 0 aromatic heterocycles. The summed E-state index contributed by atoms with van der Waals surface area (Å²) in [6.07, 6.45) is 6.80. The lowest BCUT2D eigenvalue weighted by molar-refractivity contribution is -0.126. The van der Waals surface area contributed by atoms with E-state index < -0.39 is 10.2 Å². The predicted molar refractivity (Wildman–Crippen MR) is 91.1 cm³/mol. The zero-order valence-electron chi connectivity index (χ0n) is 14.6. The fourth-order valence-electron chi connectivity index (χ4n) is 3.58. The largest absolute Gasteiger partial charge is 0.354 e. The van der Waals surface area contributed by atoms with Gasteiger partial charge in [0.2, 0.25) is 5.91 Å². The van der Waals surface area contributed by atoms with Gasteiger partial charge in [-0.25, -0.2) is 0 Å². The van der Waals surface area contributed by atoms with Crippen LogP contribution in [0.1, 0.15) is 58.8 Å². The first-order valence-electron chi connectivity index (χ1n) is 8.86. The topological polar surface area (TPSA) is 69.7 Å². The lowest BCUT2D eigenvalue weighted by Gasteiger charge is -2.37. The second-order valence-corrected chi connectivity index (χ2v) is 9.16. The van der Waals surface area contributed by atoms with Crippen LogP contribution in [-0.4, -0.2) is 55.2 Å². The minimum absolute atomic E-state index is 0.0276. The number of hydrogen-bond donors (Lipinski definition) is 1. The number of piperidine rings is 1. The van der Waals surface area contributed by atoms with Crippen LogP contribution in [0.4, 0.5) is 0 Å². The quantitative estimate of drug-likeness (QED) is 0.825. The second-order valence-electron chi connectivity index (χ2n) is 7.18. The number of nitrogens with zero attached hydrogens (tertiary/aromatic N) is 2. The first-order valence-corrected chi connectivity index (χ1v) is 10.3. The van der Waals surface area contributed by atoms with Crippen molar-refractivity contribution in [3.63, 3.8) is 0 Å². The summed E-state index contributed by atoms with van der Waals surface area (Å²) in [7, 11) is -1.77. The molecule has 1 aliphatic heterocycles. The first kappa shape index (κ1) is 18.7. The maximum absolute atomic E-state index is 12.9. The SMILES string of the molecule is CC(C)NC(=O)C1CCCN(S(=O)(=O)N(C)C2CCCCC2)C1. The zero-order chi connectivity index (χ0) is 17.0. The van der Waals surface area contributed by atoms with Crippen molar-refractivity contribution in [1.82, 2.24) is 13.9 Å². The molecule has 0 aromatic carbocycles. The first-order chi connectivity index (χ1) is 10.8. The number of carbonyl (C=O) groups is 1. The summed E-state index contributed by atoms with van der Waals surface area (Å²) in [5, 5.41) is 2.90. The molecule has 0 aromatic rings. The Kier molecular flexibility index (Phi) is 6.45. The summed E-state index contributed by atoms with van der Waals surface area (Å²) < 4.78 is 28.9. The highest BCUT2D eigenvalue weighted by Crippen LogP contribution is 2.27. The number of carbonyl (C=O) groups excluding carboxylic acids is 1. The van der Waals surface area contributed by atoms with Crippen LogP contribution in [0.25, 0.3) is 0 Å². The molecule has 7 heteroatoms. The molecule has 1 heterocycles. The Hall–Kier alpha value is -0.660. The van der Waals surface area contributed by atoms with Crippen molar-refractivity contribution in [3.05, 3.63) is 0 Å². The molecule has 2 aliphatic rings. The monoisotopic (exact) mass is 345 g/mol. The van der Waals surface area contributed by atoms with Crippen LogP contribution in [0, 0.1) is 5.92 Å². The normalized spacial score (nSPS) is 25.0. The van der Waals surface area contributed by atoms with E-state index in [-0.39, 0.29) is 23.9 Å². The van der Waals surface area contributed by atoms with Gasteiger partial charge >= 0.3 is 0 Å². The van der Waals surface area contributed by atoms with E-state index in [2.05, 4.69) is 5.32 Å². The maximum Gasteiger partial charge on any atom is 0.281 e.